The molecule has 7 nitrogen and oxygen atoms in total. The van der Waals surface area contributed by atoms with E-state index in [2.05, 4.69) is 31.2 Å². The zero-order valence-electron chi connectivity index (χ0n) is 14.9. The number of thiazole rings is 1. The molecule has 0 radical (unpaired) electrons. The van der Waals surface area contributed by atoms with Crippen LogP contribution in [0.1, 0.15) is 23.6 Å². The van der Waals surface area contributed by atoms with Crippen molar-refractivity contribution in [1.82, 2.24) is 19.9 Å². The van der Waals surface area contributed by atoms with Crippen LogP contribution in [-0.2, 0) is 16.1 Å². The van der Waals surface area contributed by atoms with Crippen molar-refractivity contribution in [3.8, 4) is 0 Å². The Hall–Kier alpha value is -2.26. The van der Waals surface area contributed by atoms with E-state index < -0.39 is 17.9 Å². The number of carbonyl (C=O) groups excluding carboxylic acids is 2. The van der Waals surface area contributed by atoms with Crippen LogP contribution in [0.5, 0.6) is 0 Å². The Kier molecular flexibility index (Phi) is 6.22. The van der Waals surface area contributed by atoms with Gasteiger partial charge in [0, 0.05) is 16.9 Å². The van der Waals surface area contributed by atoms with Gasteiger partial charge in [-0.1, -0.05) is 29.8 Å². The number of hydrogen-bond acceptors (Lipinski definition) is 6. The maximum Gasteiger partial charge on any atom is 0.330 e. The fourth-order valence-electron chi connectivity index (χ4n) is 2.35. The topological polar surface area (TPSA) is 86.1 Å². The standard InChI is InChI=1S/C18H19BrN4O3S/c1-11(2)9-26-18(25)14(8-23-6-5-20-10-23)21-16(24)17-22-13-4-3-12(19)7-15(13)27-17/h3-7,10-11,14H,8-9H2,1-2H3,(H,21,24). The molecule has 3 aromatic rings. The summed E-state index contributed by atoms with van der Waals surface area (Å²) in [5.41, 5.74) is 0.738. The number of aromatic nitrogens is 3. The fraction of sp³-hybridized carbons (Fsp3) is 0.333. The average Bonchev–Trinajstić information content (AvgIpc) is 3.27. The molecule has 9 heteroatoms. The summed E-state index contributed by atoms with van der Waals surface area (Å²) < 4.78 is 8.84. The molecule has 1 unspecified atom stereocenters. The number of nitrogens with zero attached hydrogens (tertiary/aromatic N) is 3. The maximum atomic E-state index is 12.7. The molecular weight excluding hydrogens is 432 g/mol. The van der Waals surface area contributed by atoms with E-state index >= 15 is 0 Å². The van der Waals surface area contributed by atoms with Crippen molar-refractivity contribution in [2.75, 3.05) is 6.61 Å². The predicted molar refractivity (Wildman–Crippen MR) is 107 cm³/mol. The summed E-state index contributed by atoms with van der Waals surface area (Å²) in [5, 5.41) is 3.05. The average molecular weight is 451 g/mol. The van der Waals surface area contributed by atoms with E-state index in [9.17, 15) is 9.59 Å². The number of fused-ring (bicyclic) bond motifs is 1. The van der Waals surface area contributed by atoms with Crippen LogP contribution >= 0.6 is 27.3 Å². The molecule has 142 valence electrons. The van der Waals surface area contributed by atoms with Crippen molar-refractivity contribution >= 4 is 49.4 Å². The molecule has 2 heterocycles. The minimum atomic E-state index is -0.829. The monoisotopic (exact) mass is 450 g/mol. The Morgan fingerprint density at radius 2 is 2.19 bits per heavy atom. The van der Waals surface area contributed by atoms with Gasteiger partial charge in [-0.05, 0) is 24.1 Å². The molecule has 0 aliphatic carbocycles. The second-order valence-electron chi connectivity index (χ2n) is 6.44. The molecular formula is C18H19BrN4O3S. The Balaban J connectivity index is 1.76. The molecule has 3 rings (SSSR count). The number of halogens is 1. The molecule has 0 saturated heterocycles. The lowest BCUT2D eigenvalue weighted by molar-refractivity contribution is -0.147. The first-order valence-corrected chi connectivity index (χ1v) is 10.0. The zero-order chi connectivity index (χ0) is 19.4. The van der Waals surface area contributed by atoms with Gasteiger partial charge in [-0.2, -0.15) is 0 Å². The first-order chi connectivity index (χ1) is 12.9. The highest BCUT2D eigenvalue weighted by Crippen LogP contribution is 2.25. The van der Waals surface area contributed by atoms with Crippen LogP contribution in [0.3, 0.4) is 0 Å². The van der Waals surface area contributed by atoms with E-state index in [4.69, 9.17) is 4.74 Å². The molecule has 0 aliphatic heterocycles. The highest BCUT2D eigenvalue weighted by molar-refractivity contribution is 9.10. The van der Waals surface area contributed by atoms with Gasteiger partial charge in [0.25, 0.3) is 5.91 Å². The van der Waals surface area contributed by atoms with Crippen molar-refractivity contribution in [1.29, 1.82) is 0 Å². The van der Waals surface area contributed by atoms with E-state index in [0.29, 0.717) is 11.6 Å². The van der Waals surface area contributed by atoms with Crippen molar-refractivity contribution in [3.05, 3.63) is 46.4 Å². The number of nitrogens with one attached hydrogen (secondary N) is 1. The number of amides is 1. The minimum absolute atomic E-state index is 0.209. The van der Waals surface area contributed by atoms with Crippen LogP contribution in [0.25, 0.3) is 10.2 Å². The van der Waals surface area contributed by atoms with Crippen molar-refractivity contribution in [3.63, 3.8) is 0 Å². The first kappa shape index (κ1) is 19.5. The molecule has 27 heavy (non-hydrogen) atoms. The lowest BCUT2D eigenvalue weighted by atomic mass is 10.2. The van der Waals surface area contributed by atoms with Gasteiger partial charge in [-0.15, -0.1) is 11.3 Å². The van der Waals surface area contributed by atoms with Gasteiger partial charge in [-0.25, -0.2) is 14.8 Å². The van der Waals surface area contributed by atoms with E-state index in [1.165, 1.54) is 11.3 Å². The Bertz CT molecular complexity index is 939. The summed E-state index contributed by atoms with van der Waals surface area (Å²) in [6.45, 7) is 4.44. The molecule has 2 aromatic heterocycles. The Morgan fingerprint density at radius 1 is 1.37 bits per heavy atom. The highest BCUT2D eigenvalue weighted by atomic mass is 79.9. The third kappa shape index (κ3) is 5.14. The Labute approximate surface area is 168 Å². The molecule has 1 amide bonds. The smallest absolute Gasteiger partial charge is 0.330 e. The second-order valence-corrected chi connectivity index (χ2v) is 8.39. The Morgan fingerprint density at radius 3 is 2.89 bits per heavy atom. The van der Waals surface area contributed by atoms with Crippen LogP contribution in [0.2, 0.25) is 0 Å². The number of imidazole rings is 1. The SMILES string of the molecule is CC(C)COC(=O)C(Cn1ccnc1)NC(=O)c1nc2ccc(Br)cc2s1. The van der Waals surface area contributed by atoms with Gasteiger partial charge in [0.2, 0.25) is 0 Å². The quantitative estimate of drug-likeness (QED) is 0.558. The number of benzene rings is 1. The molecule has 1 atom stereocenters. The lowest BCUT2D eigenvalue weighted by Crippen LogP contribution is -2.44. The fourth-order valence-corrected chi connectivity index (χ4v) is 3.77. The number of hydrogen-bond donors (Lipinski definition) is 1. The number of esters is 1. The van der Waals surface area contributed by atoms with Crippen molar-refractivity contribution in [2.24, 2.45) is 5.92 Å². The number of rotatable bonds is 7. The third-order valence-corrected chi connectivity index (χ3v) is 5.16. The molecule has 1 aromatic carbocycles. The largest absolute Gasteiger partial charge is 0.464 e. The van der Waals surface area contributed by atoms with Gasteiger partial charge in [0.1, 0.15) is 6.04 Å². The molecule has 0 bridgehead atoms. The lowest BCUT2D eigenvalue weighted by Gasteiger charge is -2.18. The summed E-state index contributed by atoms with van der Waals surface area (Å²) in [6, 6.07) is 4.79. The van der Waals surface area contributed by atoms with Gasteiger partial charge in [0.05, 0.1) is 29.7 Å². The van der Waals surface area contributed by atoms with Gasteiger partial charge < -0.3 is 14.6 Å². The molecule has 0 fully saturated rings. The van der Waals surface area contributed by atoms with Crippen LogP contribution in [0.15, 0.2) is 41.4 Å². The van der Waals surface area contributed by atoms with Crippen molar-refractivity contribution < 1.29 is 14.3 Å². The van der Waals surface area contributed by atoms with Crippen LogP contribution in [0.4, 0.5) is 0 Å². The number of carbonyl (C=O) groups is 2. The summed E-state index contributed by atoms with van der Waals surface area (Å²) in [4.78, 5) is 33.5. The van der Waals surface area contributed by atoms with E-state index in [0.717, 1.165) is 14.7 Å². The molecule has 0 spiro atoms. The van der Waals surface area contributed by atoms with Crippen LogP contribution < -0.4 is 5.32 Å². The molecule has 1 N–H and O–H groups in total. The summed E-state index contributed by atoms with van der Waals surface area (Å²) in [6.07, 6.45) is 4.93. The van der Waals surface area contributed by atoms with Gasteiger partial charge in [-0.3, -0.25) is 4.79 Å². The van der Waals surface area contributed by atoms with E-state index in [-0.39, 0.29) is 12.5 Å². The predicted octanol–water partition coefficient (Wildman–Crippen LogP) is 3.25. The van der Waals surface area contributed by atoms with E-state index in [1.807, 2.05) is 32.0 Å². The van der Waals surface area contributed by atoms with Crippen LogP contribution in [0, 0.1) is 5.92 Å². The highest BCUT2D eigenvalue weighted by Gasteiger charge is 2.25. The normalized spacial score (nSPS) is 12.3. The first-order valence-electron chi connectivity index (χ1n) is 8.41. The maximum absolute atomic E-state index is 12.7. The summed E-state index contributed by atoms with van der Waals surface area (Å²) in [5.74, 6) is -0.671. The zero-order valence-corrected chi connectivity index (χ0v) is 17.3. The molecule has 0 saturated carbocycles. The van der Waals surface area contributed by atoms with Crippen molar-refractivity contribution in [2.45, 2.75) is 26.4 Å². The summed E-state index contributed by atoms with van der Waals surface area (Å²) >= 11 is 4.68. The van der Waals surface area contributed by atoms with E-state index in [1.54, 1.807) is 23.3 Å². The third-order valence-electron chi connectivity index (χ3n) is 3.65. The summed E-state index contributed by atoms with van der Waals surface area (Å²) in [7, 11) is 0. The van der Waals surface area contributed by atoms with Crippen LogP contribution in [-0.4, -0.2) is 39.1 Å². The minimum Gasteiger partial charge on any atom is -0.464 e. The van der Waals surface area contributed by atoms with Gasteiger partial charge >= 0.3 is 5.97 Å². The van der Waals surface area contributed by atoms with Gasteiger partial charge in [0.15, 0.2) is 5.01 Å². The number of ether oxygens (including phenoxy) is 1. The molecule has 0 aliphatic rings. The second kappa shape index (κ2) is 8.62.